The van der Waals surface area contributed by atoms with Gasteiger partial charge in [0.05, 0.1) is 5.69 Å². The Morgan fingerprint density at radius 2 is 2.20 bits per heavy atom. The second-order valence-electron chi connectivity index (χ2n) is 5.26. The summed E-state index contributed by atoms with van der Waals surface area (Å²) in [6.45, 7) is 4.90. The van der Waals surface area contributed by atoms with Crippen molar-refractivity contribution in [1.82, 2.24) is 14.7 Å². The van der Waals surface area contributed by atoms with Crippen LogP contribution in [-0.2, 0) is 6.54 Å². The van der Waals surface area contributed by atoms with E-state index in [9.17, 15) is 4.79 Å². The number of aromatic nitrogens is 2. The summed E-state index contributed by atoms with van der Waals surface area (Å²) in [5, 5.41) is 12.4. The Morgan fingerprint density at radius 3 is 2.90 bits per heavy atom. The van der Waals surface area contributed by atoms with Gasteiger partial charge in [0, 0.05) is 31.5 Å². The highest BCUT2D eigenvalue weighted by atomic mass is 16.3. The fourth-order valence-corrected chi connectivity index (χ4v) is 2.24. The van der Waals surface area contributed by atoms with Crippen LogP contribution in [0.5, 0.6) is 0 Å². The Labute approximate surface area is 118 Å². The van der Waals surface area contributed by atoms with Crippen LogP contribution in [0, 0.1) is 5.92 Å². The van der Waals surface area contributed by atoms with Gasteiger partial charge in [0.1, 0.15) is 5.65 Å². The minimum atomic E-state index is -0.0735. The number of rotatable bonds is 6. The number of nitrogens with one attached hydrogen (secondary N) is 1. The van der Waals surface area contributed by atoms with Gasteiger partial charge >= 0.3 is 0 Å². The molecule has 0 bridgehead atoms. The largest absolute Gasteiger partial charge is 0.396 e. The first-order valence-electron chi connectivity index (χ1n) is 6.93. The van der Waals surface area contributed by atoms with E-state index in [1.165, 1.54) is 4.40 Å². The summed E-state index contributed by atoms with van der Waals surface area (Å²) in [5.74, 6) is 0.420. The molecule has 0 spiro atoms. The average molecular weight is 275 g/mol. The van der Waals surface area contributed by atoms with E-state index >= 15 is 0 Å². The van der Waals surface area contributed by atoms with E-state index in [2.05, 4.69) is 24.1 Å². The summed E-state index contributed by atoms with van der Waals surface area (Å²) in [4.78, 5) is 16.4. The van der Waals surface area contributed by atoms with E-state index < -0.39 is 0 Å². The maximum absolute atomic E-state index is 12.0. The molecule has 2 rings (SSSR count). The lowest BCUT2D eigenvalue weighted by Crippen LogP contribution is -2.34. The standard InChI is InChI=1S/C15H21N3O2/c1-11(2)13(6-8-19)16-10-12-9-15(20)18-7-4-3-5-14(18)17-12/h3-5,7,9,11,13,16,19H,6,8,10H2,1-2H3. The highest BCUT2D eigenvalue weighted by molar-refractivity contribution is 5.37. The van der Waals surface area contributed by atoms with Crippen LogP contribution in [0.1, 0.15) is 26.0 Å². The molecule has 20 heavy (non-hydrogen) atoms. The number of pyridine rings is 1. The molecule has 0 amide bonds. The highest BCUT2D eigenvalue weighted by Crippen LogP contribution is 2.07. The number of aliphatic hydroxyl groups is 1. The first-order valence-corrected chi connectivity index (χ1v) is 6.93. The molecule has 0 saturated heterocycles. The minimum absolute atomic E-state index is 0.0735. The Bertz CT molecular complexity index is 622. The Hall–Kier alpha value is -1.72. The zero-order valence-corrected chi connectivity index (χ0v) is 11.9. The van der Waals surface area contributed by atoms with Gasteiger partial charge in [-0.3, -0.25) is 9.20 Å². The zero-order chi connectivity index (χ0) is 14.5. The van der Waals surface area contributed by atoms with E-state index in [1.54, 1.807) is 12.3 Å². The van der Waals surface area contributed by atoms with Crippen molar-refractivity contribution in [2.45, 2.75) is 32.9 Å². The fraction of sp³-hybridized carbons (Fsp3) is 0.467. The normalized spacial score (nSPS) is 13.0. The Kier molecular flexibility index (Phi) is 4.87. The quantitative estimate of drug-likeness (QED) is 0.831. The smallest absolute Gasteiger partial charge is 0.258 e. The van der Waals surface area contributed by atoms with Gasteiger partial charge in [-0.25, -0.2) is 4.98 Å². The van der Waals surface area contributed by atoms with Crippen molar-refractivity contribution < 1.29 is 5.11 Å². The van der Waals surface area contributed by atoms with E-state index in [1.807, 2.05) is 18.2 Å². The lowest BCUT2D eigenvalue weighted by molar-refractivity contribution is 0.243. The summed E-state index contributed by atoms with van der Waals surface area (Å²) in [6, 6.07) is 7.26. The second-order valence-corrected chi connectivity index (χ2v) is 5.26. The van der Waals surface area contributed by atoms with Crippen molar-refractivity contribution >= 4 is 5.65 Å². The molecule has 2 aromatic rings. The fourth-order valence-electron chi connectivity index (χ4n) is 2.24. The second kappa shape index (κ2) is 6.63. The third-order valence-corrected chi connectivity index (χ3v) is 3.41. The van der Waals surface area contributed by atoms with Gasteiger partial charge in [-0.15, -0.1) is 0 Å². The van der Waals surface area contributed by atoms with Crippen molar-refractivity contribution in [3.8, 4) is 0 Å². The summed E-state index contributed by atoms with van der Waals surface area (Å²) >= 11 is 0. The number of hydrogen-bond acceptors (Lipinski definition) is 4. The highest BCUT2D eigenvalue weighted by Gasteiger charge is 2.12. The number of nitrogens with zero attached hydrogens (tertiary/aromatic N) is 2. The predicted molar refractivity (Wildman–Crippen MR) is 78.6 cm³/mol. The molecule has 0 fully saturated rings. The molecule has 2 N–H and O–H groups in total. The molecule has 108 valence electrons. The molecule has 1 atom stereocenters. The van der Waals surface area contributed by atoms with E-state index in [-0.39, 0.29) is 18.2 Å². The van der Waals surface area contributed by atoms with Crippen molar-refractivity contribution in [2.24, 2.45) is 5.92 Å². The summed E-state index contributed by atoms with van der Waals surface area (Å²) in [7, 11) is 0. The van der Waals surface area contributed by atoms with Crippen LogP contribution in [0.15, 0.2) is 35.3 Å². The van der Waals surface area contributed by atoms with Crippen LogP contribution in [-0.4, -0.2) is 27.1 Å². The van der Waals surface area contributed by atoms with Crippen molar-refractivity contribution in [2.75, 3.05) is 6.61 Å². The van der Waals surface area contributed by atoms with Crippen LogP contribution in [0.2, 0.25) is 0 Å². The third-order valence-electron chi connectivity index (χ3n) is 3.41. The molecule has 0 saturated carbocycles. The van der Waals surface area contributed by atoms with Crippen LogP contribution < -0.4 is 10.9 Å². The van der Waals surface area contributed by atoms with E-state index in [0.717, 1.165) is 5.69 Å². The molecule has 0 aliphatic rings. The molecule has 1 unspecified atom stereocenters. The van der Waals surface area contributed by atoms with Crippen LogP contribution in [0.4, 0.5) is 0 Å². The van der Waals surface area contributed by atoms with Gasteiger partial charge in [-0.1, -0.05) is 19.9 Å². The van der Waals surface area contributed by atoms with Crippen molar-refractivity contribution in [1.29, 1.82) is 0 Å². The predicted octanol–water partition coefficient (Wildman–Crippen LogP) is 1.19. The minimum Gasteiger partial charge on any atom is -0.396 e. The van der Waals surface area contributed by atoms with Crippen LogP contribution >= 0.6 is 0 Å². The van der Waals surface area contributed by atoms with Crippen molar-refractivity contribution in [3.05, 3.63) is 46.5 Å². The topological polar surface area (TPSA) is 66.6 Å². The Morgan fingerprint density at radius 1 is 1.40 bits per heavy atom. The summed E-state index contributed by atoms with van der Waals surface area (Å²) < 4.78 is 1.52. The summed E-state index contributed by atoms with van der Waals surface area (Å²) in [5.41, 5.74) is 1.31. The molecule has 0 aliphatic carbocycles. The summed E-state index contributed by atoms with van der Waals surface area (Å²) in [6.07, 6.45) is 2.41. The molecule has 2 heterocycles. The average Bonchev–Trinajstić information content (AvgIpc) is 2.43. The third kappa shape index (κ3) is 3.43. The number of hydrogen-bond donors (Lipinski definition) is 2. The first-order chi connectivity index (χ1) is 9.61. The maximum atomic E-state index is 12.0. The van der Waals surface area contributed by atoms with Gasteiger partial charge in [0.2, 0.25) is 0 Å². The number of aliphatic hydroxyl groups excluding tert-OH is 1. The van der Waals surface area contributed by atoms with Crippen molar-refractivity contribution in [3.63, 3.8) is 0 Å². The van der Waals surface area contributed by atoms with Gasteiger partial charge in [-0.2, -0.15) is 0 Å². The molecule has 0 radical (unpaired) electrons. The van der Waals surface area contributed by atoms with Gasteiger partial charge < -0.3 is 10.4 Å². The molecule has 5 heteroatoms. The zero-order valence-electron chi connectivity index (χ0n) is 11.9. The van der Waals surface area contributed by atoms with Gasteiger partial charge in [0.15, 0.2) is 0 Å². The maximum Gasteiger partial charge on any atom is 0.258 e. The SMILES string of the molecule is CC(C)C(CCO)NCc1cc(=O)n2ccccc2n1. The molecular weight excluding hydrogens is 254 g/mol. The Balaban J connectivity index is 2.15. The molecule has 0 aromatic carbocycles. The van der Waals surface area contributed by atoms with Gasteiger partial charge in [0.25, 0.3) is 5.56 Å². The molecule has 2 aromatic heterocycles. The lowest BCUT2D eigenvalue weighted by Gasteiger charge is -2.21. The first kappa shape index (κ1) is 14.7. The lowest BCUT2D eigenvalue weighted by atomic mass is 10.0. The van der Waals surface area contributed by atoms with Gasteiger partial charge in [-0.05, 0) is 24.5 Å². The van der Waals surface area contributed by atoms with Crippen LogP contribution in [0.3, 0.4) is 0 Å². The monoisotopic (exact) mass is 275 g/mol. The van der Waals surface area contributed by atoms with E-state index in [0.29, 0.717) is 24.5 Å². The molecular formula is C15H21N3O2. The number of fused-ring (bicyclic) bond motifs is 1. The van der Waals surface area contributed by atoms with Crippen LogP contribution in [0.25, 0.3) is 5.65 Å². The van der Waals surface area contributed by atoms with E-state index in [4.69, 9.17) is 5.11 Å². The molecule has 0 aliphatic heterocycles. The molecule has 5 nitrogen and oxygen atoms in total.